The summed E-state index contributed by atoms with van der Waals surface area (Å²) in [6, 6.07) is 8.99. The number of hydrogen-bond acceptors (Lipinski definition) is 0. The molecule has 1 heterocycles. The van der Waals surface area contributed by atoms with Crippen molar-refractivity contribution in [3.63, 3.8) is 0 Å². The Morgan fingerprint density at radius 1 is 1.50 bits per heavy atom. The van der Waals surface area contributed by atoms with Crippen LogP contribution in [0.3, 0.4) is 0 Å². The molecule has 0 atom stereocenters. The molecule has 0 amide bonds. The number of fused-ring (bicyclic) bond motifs is 1. The minimum Gasteiger partial charge on any atom is -0.361 e. The first kappa shape index (κ1) is 5.54. The maximum Gasteiger partial charge on any atom is 0.0457 e. The van der Waals surface area contributed by atoms with Gasteiger partial charge in [0.1, 0.15) is 0 Å². The molecule has 1 nitrogen and oxygen atoms in total. The highest BCUT2D eigenvalue weighted by Crippen LogP contribution is 2.15. The van der Waals surface area contributed by atoms with E-state index in [-0.39, 0.29) is 0 Å². The van der Waals surface area contributed by atoms with E-state index in [0.717, 1.165) is 0 Å². The van der Waals surface area contributed by atoms with Gasteiger partial charge in [0.15, 0.2) is 0 Å². The van der Waals surface area contributed by atoms with Crippen LogP contribution in [0.4, 0.5) is 0 Å². The molecule has 2 aromatic rings. The van der Waals surface area contributed by atoms with Crippen molar-refractivity contribution in [1.29, 1.82) is 0 Å². The molecular formula is C9H8N. The van der Waals surface area contributed by atoms with Crippen molar-refractivity contribution >= 4 is 10.9 Å². The third-order valence-corrected chi connectivity index (χ3v) is 1.73. The molecule has 0 aliphatic rings. The van der Waals surface area contributed by atoms with Crippen LogP contribution in [0.1, 0.15) is 5.56 Å². The van der Waals surface area contributed by atoms with Gasteiger partial charge in [0.25, 0.3) is 0 Å². The summed E-state index contributed by atoms with van der Waals surface area (Å²) in [4.78, 5) is 3.17. The van der Waals surface area contributed by atoms with E-state index in [2.05, 4.69) is 18.0 Å². The van der Waals surface area contributed by atoms with Gasteiger partial charge in [-0.1, -0.05) is 6.07 Å². The van der Waals surface area contributed by atoms with Gasteiger partial charge in [-0.3, -0.25) is 0 Å². The van der Waals surface area contributed by atoms with E-state index in [1.165, 1.54) is 16.5 Å². The summed E-state index contributed by atoms with van der Waals surface area (Å²) in [5, 5.41) is 1.27. The third-order valence-electron chi connectivity index (χ3n) is 1.73. The fraction of sp³-hybridized carbons (Fsp3) is 0.111. The van der Waals surface area contributed by atoms with Gasteiger partial charge in [0.2, 0.25) is 0 Å². The summed E-state index contributed by atoms with van der Waals surface area (Å²) in [5.41, 5.74) is 2.48. The van der Waals surface area contributed by atoms with E-state index in [1.54, 1.807) is 0 Å². The van der Waals surface area contributed by atoms with E-state index < -0.39 is 0 Å². The number of hydrogen-bond donors (Lipinski definition) is 1. The largest absolute Gasteiger partial charge is 0.361 e. The minimum atomic E-state index is 1.19. The van der Waals surface area contributed by atoms with Crippen LogP contribution in [0.25, 0.3) is 10.9 Å². The molecule has 0 saturated heterocycles. The maximum absolute atomic E-state index is 3.17. The van der Waals surface area contributed by atoms with E-state index >= 15 is 0 Å². The van der Waals surface area contributed by atoms with Crippen molar-refractivity contribution in [1.82, 2.24) is 4.98 Å². The monoisotopic (exact) mass is 130 g/mol. The Balaban J connectivity index is 2.93. The Kier molecular flexibility index (Phi) is 1.04. The van der Waals surface area contributed by atoms with Crippen LogP contribution in [0.5, 0.6) is 0 Å². The molecule has 49 valence electrons. The first-order chi connectivity index (χ1) is 4.88. The Morgan fingerprint density at radius 2 is 2.40 bits per heavy atom. The van der Waals surface area contributed by atoms with Crippen molar-refractivity contribution in [2.24, 2.45) is 0 Å². The lowest BCUT2D eigenvalue weighted by atomic mass is 10.2. The second-order valence-electron chi connectivity index (χ2n) is 2.44. The molecule has 0 saturated carbocycles. The highest BCUT2D eigenvalue weighted by Gasteiger charge is 1.94. The smallest absolute Gasteiger partial charge is 0.0457 e. The molecule has 0 aliphatic heterocycles. The second kappa shape index (κ2) is 1.87. The number of aromatic amines is 1. The second-order valence-corrected chi connectivity index (χ2v) is 2.44. The predicted molar refractivity (Wildman–Crippen MR) is 41.9 cm³/mol. The van der Waals surface area contributed by atoms with Crippen LogP contribution in [0.15, 0.2) is 24.4 Å². The fourth-order valence-electron chi connectivity index (χ4n) is 1.15. The van der Waals surface area contributed by atoms with Crippen molar-refractivity contribution in [3.05, 3.63) is 36.0 Å². The number of benzene rings is 1. The summed E-state index contributed by atoms with van der Waals surface area (Å²) in [6.07, 6.45) is 2.01. The number of nitrogens with one attached hydrogen (secondary N) is 1. The molecule has 2 rings (SSSR count). The van der Waals surface area contributed by atoms with E-state index in [4.69, 9.17) is 0 Å². The molecule has 1 N–H and O–H groups in total. The summed E-state index contributed by atoms with van der Waals surface area (Å²) in [6.45, 7) is 2.09. The van der Waals surface area contributed by atoms with E-state index in [1.807, 2.05) is 24.4 Å². The normalized spacial score (nSPS) is 10.5. The van der Waals surface area contributed by atoms with E-state index in [9.17, 15) is 0 Å². The summed E-state index contributed by atoms with van der Waals surface area (Å²) < 4.78 is 0. The molecular weight excluding hydrogens is 122 g/mol. The van der Waals surface area contributed by atoms with Gasteiger partial charge in [-0.05, 0) is 30.7 Å². The molecule has 0 bridgehead atoms. The Bertz CT molecular complexity index is 346. The molecule has 0 spiro atoms. The van der Waals surface area contributed by atoms with Crippen LogP contribution >= 0.6 is 0 Å². The average Bonchev–Trinajstić information content (AvgIpc) is 2.34. The minimum absolute atomic E-state index is 1.19. The quantitative estimate of drug-likeness (QED) is 0.563. The lowest BCUT2D eigenvalue weighted by molar-refractivity contribution is 1.43. The molecule has 1 aromatic carbocycles. The number of aryl methyl sites for hydroxylation is 1. The first-order valence-electron chi connectivity index (χ1n) is 3.32. The Hall–Kier alpha value is -1.24. The first-order valence-corrected chi connectivity index (χ1v) is 3.32. The SMILES string of the molecule is Cc1c[nH]c2cc[c]cc12. The molecule has 0 unspecified atom stereocenters. The van der Waals surface area contributed by atoms with Crippen LogP contribution in [0.2, 0.25) is 0 Å². The number of aromatic nitrogens is 1. The Labute approximate surface area is 59.7 Å². The van der Waals surface area contributed by atoms with Gasteiger partial charge in [0, 0.05) is 17.1 Å². The zero-order valence-corrected chi connectivity index (χ0v) is 5.81. The maximum atomic E-state index is 3.17. The van der Waals surface area contributed by atoms with Gasteiger partial charge in [-0.15, -0.1) is 0 Å². The lowest BCUT2D eigenvalue weighted by Gasteiger charge is -1.86. The number of rotatable bonds is 0. The highest BCUT2D eigenvalue weighted by molar-refractivity contribution is 5.82. The predicted octanol–water partition coefficient (Wildman–Crippen LogP) is 2.28. The highest BCUT2D eigenvalue weighted by atomic mass is 14.7. The summed E-state index contributed by atoms with van der Waals surface area (Å²) >= 11 is 0. The molecule has 1 radical (unpaired) electrons. The zero-order chi connectivity index (χ0) is 6.97. The third kappa shape index (κ3) is 0.637. The standard InChI is InChI=1S/C9H8N/c1-7-6-10-9-5-3-2-4-8(7)9/h3-6,10H,1H3. The van der Waals surface area contributed by atoms with Gasteiger partial charge < -0.3 is 4.98 Å². The zero-order valence-electron chi connectivity index (χ0n) is 5.81. The Morgan fingerprint density at radius 3 is 3.20 bits per heavy atom. The van der Waals surface area contributed by atoms with Gasteiger partial charge >= 0.3 is 0 Å². The molecule has 1 heteroatoms. The average molecular weight is 130 g/mol. The van der Waals surface area contributed by atoms with Crippen molar-refractivity contribution in [2.75, 3.05) is 0 Å². The molecule has 0 aliphatic carbocycles. The van der Waals surface area contributed by atoms with Gasteiger partial charge in [-0.2, -0.15) is 0 Å². The van der Waals surface area contributed by atoms with Crippen LogP contribution in [0, 0.1) is 13.0 Å². The van der Waals surface area contributed by atoms with Crippen molar-refractivity contribution < 1.29 is 0 Å². The van der Waals surface area contributed by atoms with Gasteiger partial charge in [0.05, 0.1) is 0 Å². The van der Waals surface area contributed by atoms with Crippen LogP contribution in [-0.2, 0) is 0 Å². The number of H-pyrrole nitrogens is 1. The van der Waals surface area contributed by atoms with Crippen LogP contribution < -0.4 is 0 Å². The molecule has 0 fully saturated rings. The summed E-state index contributed by atoms with van der Waals surface area (Å²) in [5.74, 6) is 0. The van der Waals surface area contributed by atoms with E-state index in [0.29, 0.717) is 0 Å². The summed E-state index contributed by atoms with van der Waals surface area (Å²) in [7, 11) is 0. The topological polar surface area (TPSA) is 15.8 Å². The lowest BCUT2D eigenvalue weighted by Crippen LogP contribution is -1.65. The van der Waals surface area contributed by atoms with Gasteiger partial charge in [-0.25, -0.2) is 0 Å². The molecule has 1 aromatic heterocycles. The van der Waals surface area contributed by atoms with Crippen molar-refractivity contribution in [3.8, 4) is 0 Å². The fourth-order valence-corrected chi connectivity index (χ4v) is 1.15. The molecule has 10 heavy (non-hydrogen) atoms. The van der Waals surface area contributed by atoms with Crippen LogP contribution in [-0.4, -0.2) is 4.98 Å². The van der Waals surface area contributed by atoms with Crippen molar-refractivity contribution in [2.45, 2.75) is 6.92 Å².